The molecule has 0 aliphatic heterocycles. The van der Waals surface area contributed by atoms with Crippen LogP contribution in [0.15, 0.2) is 63.7 Å². The van der Waals surface area contributed by atoms with Crippen LogP contribution in [0.4, 0.5) is 5.69 Å². The van der Waals surface area contributed by atoms with E-state index in [9.17, 15) is 8.42 Å². The third kappa shape index (κ3) is 2.31. The highest BCUT2D eigenvalue weighted by atomic mass is 32.2. The molecule has 3 heterocycles. The summed E-state index contributed by atoms with van der Waals surface area (Å²) in [6, 6.07) is 10.5. The minimum Gasteiger partial charge on any atom is -0.451 e. The third-order valence-corrected chi connectivity index (χ3v) is 6.21. The molecule has 122 valence electrons. The van der Waals surface area contributed by atoms with Crippen molar-refractivity contribution >= 4 is 38.0 Å². The van der Waals surface area contributed by atoms with Crippen molar-refractivity contribution in [1.29, 1.82) is 0 Å². The van der Waals surface area contributed by atoms with Crippen LogP contribution >= 0.6 is 11.3 Å². The normalized spacial score (nSPS) is 11.9. The number of sulfonamides is 1. The molecule has 4 aromatic rings. The first-order valence-electron chi connectivity index (χ1n) is 7.11. The molecule has 4 rings (SSSR count). The molecule has 0 aliphatic carbocycles. The third-order valence-electron chi connectivity index (χ3n) is 3.75. The first kappa shape index (κ1) is 15.0. The molecule has 0 spiro atoms. The van der Waals surface area contributed by atoms with E-state index >= 15 is 0 Å². The number of rotatable bonds is 4. The standard InChI is InChI=1S/C16H13N3O3S2/c1-19(24(20,21)14-6-3-8-22-14)13-5-2-4-11-10-12(18-15(11)13)16-17-7-9-23-16/h2-10,18H,1H3. The van der Waals surface area contributed by atoms with Crippen molar-refractivity contribution in [3.63, 3.8) is 0 Å². The number of nitrogens with zero attached hydrogens (tertiary/aromatic N) is 2. The van der Waals surface area contributed by atoms with Gasteiger partial charge < -0.3 is 9.40 Å². The van der Waals surface area contributed by atoms with Crippen molar-refractivity contribution in [2.75, 3.05) is 11.4 Å². The molecule has 0 fully saturated rings. The van der Waals surface area contributed by atoms with Gasteiger partial charge in [0.1, 0.15) is 5.01 Å². The fourth-order valence-corrected chi connectivity index (χ4v) is 4.27. The zero-order chi connectivity index (χ0) is 16.7. The van der Waals surface area contributed by atoms with Crippen LogP contribution in [0.25, 0.3) is 21.6 Å². The summed E-state index contributed by atoms with van der Waals surface area (Å²) in [7, 11) is -2.24. The van der Waals surface area contributed by atoms with Gasteiger partial charge in [-0.3, -0.25) is 4.31 Å². The van der Waals surface area contributed by atoms with Crippen molar-refractivity contribution in [2.45, 2.75) is 5.09 Å². The quantitative estimate of drug-likeness (QED) is 0.602. The highest BCUT2D eigenvalue weighted by Crippen LogP contribution is 2.33. The molecule has 0 atom stereocenters. The zero-order valence-electron chi connectivity index (χ0n) is 12.6. The van der Waals surface area contributed by atoms with Crippen molar-refractivity contribution in [3.8, 4) is 10.7 Å². The van der Waals surface area contributed by atoms with Gasteiger partial charge in [0.25, 0.3) is 10.0 Å². The summed E-state index contributed by atoms with van der Waals surface area (Å²) in [6.07, 6.45) is 3.08. The van der Waals surface area contributed by atoms with Gasteiger partial charge in [0.05, 0.1) is 23.2 Å². The Bertz CT molecular complexity index is 1080. The number of aromatic amines is 1. The maximum atomic E-state index is 12.7. The van der Waals surface area contributed by atoms with Gasteiger partial charge >= 0.3 is 0 Å². The van der Waals surface area contributed by atoms with Gasteiger partial charge in [-0.05, 0) is 24.3 Å². The number of thiazole rings is 1. The lowest BCUT2D eigenvalue weighted by molar-refractivity contribution is 0.449. The molecule has 24 heavy (non-hydrogen) atoms. The molecule has 6 nitrogen and oxygen atoms in total. The maximum absolute atomic E-state index is 12.7. The molecule has 0 unspecified atom stereocenters. The average Bonchev–Trinajstić information content (AvgIpc) is 3.33. The number of benzene rings is 1. The number of aromatic nitrogens is 2. The Balaban J connectivity index is 1.85. The van der Waals surface area contributed by atoms with E-state index in [1.54, 1.807) is 18.3 Å². The lowest BCUT2D eigenvalue weighted by Crippen LogP contribution is -2.26. The highest BCUT2D eigenvalue weighted by Gasteiger charge is 2.25. The summed E-state index contributed by atoms with van der Waals surface area (Å²) < 4.78 is 31.6. The first-order valence-corrected chi connectivity index (χ1v) is 9.43. The van der Waals surface area contributed by atoms with Crippen LogP contribution in [0.2, 0.25) is 0 Å². The molecule has 0 saturated carbocycles. The van der Waals surface area contributed by atoms with Gasteiger partial charge in [0, 0.05) is 24.0 Å². The Morgan fingerprint density at radius 2 is 2.12 bits per heavy atom. The SMILES string of the molecule is CN(c1cccc2cc(-c3nccs3)[nH]c12)S(=O)(=O)c1ccco1. The second-order valence-corrected chi connectivity index (χ2v) is 7.96. The fraction of sp³-hybridized carbons (Fsp3) is 0.0625. The molecule has 3 aromatic heterocycles. The van der Waals surface area contributed by atoms with Gasteiger partial charge in [0.15, 0.2) is 0 Å². The van der Waals surface area contributed by atoms with Crippen LogP contribution in [-0.4, -0.2) is 25.4 Å². The van der Waals surface area contributed by atoms with Crippen molar-refractivity contribution in [1.82, 2.24) is 9.97 Å². The number of para-hydroxylation sites is 1. The Kier molecular flexibility index (Phi) is 3.43. The van der Waals surface area contributed by atoms with Crippen LogP contribution in [0, 0.1) is 0 Å². The maximum Gasteiger partial charge on any atom is 0.297 e. The number of fused-ring (bicyclic) bond motifs is 1. The van der Waals surface area contributed by atoms with E-state index < -0.39 is 10.0 Å². The number of furan rings is 1. The van der Waals surface area contributed by atoms with Gasteiger partial charge in [0.2, 0.25) is 5.09 Å². The van der Waals surface area contributed by atoms with E-state index in [0.29, 0.717) is 5.69 Å². The fourth-order valence-electron chi connectivity index (χ4n) is 2.55. The monoisotopic (exact) mass is 359 g/mol. The van der Waals surface area contributed by atoms with E-state index in [1.807, 2.05) is 23.6 Å². The molecule has 0 aliphatic rings. The number of anilines is 1. The summed E-state index contributed by atoms with van der Waals surface area (Å²) in [6.45, 7) is 0. The van der Waals surface area contributed by atoms with Gasteiger partial charge in [-0.15, -0.1) is 11.3 Å². The van der Waals surface area contributed by atoms with Gasteiger partial charge in [-0.25, -0.2) is 4.98 Å². The van der Waals surface area contributed by atoms with E-state index in [2.05, 4.69) is 9.97 Å². The van der Waals surface area contributed by atoms with Crippen LogP contribution in [-0.2, 0) is 10.0 Å². The van der Waals surface area contributed by atoms with E-state index in [1.165, 1.54) is 35.0 Å². The zero-order valence-corrected chi connectivity index (χ0v) is 14.3. The summed E-state index contributed by atoms with van der Waals surface area (Å²) in [5, 5.41) is 3.58. The summed E-state index contributed by atoms with van der Waals surface area (Å²) in [4.78, 5) is 7.56. The molecular formula is C16H13N3O3S2. The molecule has 1 aromatic carbocycles. The minimum absolute atomic E-state index is 0.0892. The van der Waals surface area contributed by atoms with E-state index in [4.69, 9.17) is 4.42 Å². The van der Waals surface area contributed by atoms with E-state index in [0.717, 1.165) is 21.6 Å². The van der Waals surface area contributed by atoms with Crippen molar-refractivity contribution < 1.29 is 12.8 Å². The molecule has 0 radical (unpaired) electrons. The molecule has 1 N–H and O–H groups in total. The van der Waals surface area contributed by atoms with Gasteiger partial charge in [-0.1, -0.05) is 12.1 Å². The summed E-state index contributed by atoms with van der Waals surface area (Å²) in [5.74, 6) is 0. The number of hydrogen-bond acceptors (Lipinski definition) is 5. The van der Waals surface area contributed by atoms with Crippen molar-refractivity contribution in [3.05, 3.63) is 54.2 Å². The second kappa shape index (κ2) is 5.50. The number of H-pyrrole nitrogens is 1. The molecule has 0 saturated heterocycles. The van der Waals surface area contributed by atoms with Crippen LogP contribution in [0.3, 0.4) is 0 Å². The largest absolute Gasteiger partial charge is 0.451 e. The minimum atomic E-state index is -3.75. The molecular weight excluding hydrogens is 346 g/mol. The number of hydrogen-bond donors (Lipinski definition) is 1. The molecule has 8 heteroatoms. The Labute approximate surface area is 142 Å². The van der Waals surface area contributed by atoms with Crippen LogP contribution < -0.4 is 4.31 Å². The van der Waals surface area contributed by atoms with Crippen LogP contribution in [0.5, 0.6) is 0 Å². The van der Waals surface area contributed by atoms with Crippen molar-refractivity contribution in [2.24, 2.45) is 0 Å². The Morgan fingerprint density at radius 1 is 1.25 bits per heavy atom. The predicted octanol–water partition coefficient (Wildman–Crippen LogP) is 3.71. The lowest BCUT2D eigenvalue weighted by Gasteiger charge is -2.18. The first-order chi connectivity index (χ1) is 11.6. The smallest absolute Gasteiger partial charge is 0.297 e. The second-order valence-electron chi connectivity index (χ2n) is 5.17. The average molecular weight is 359 g/mol. The Morgan fingerprint density at radius 3 is 2.83 bits per heavy atom. The topological polar surface area (TPSA) is 79.2 Å². The summed E-state index contributed by atoms with van der Waals surface area (Å²) >= 11 is 1.52. The summed E-state index contributed by atoms with van der Waals surface area (Å²) in [5.41, 5.74) is 2.14. The lowest BCUT2D eigenvalue weighted by atomic mass is 10.2. The molecule has 0 bridgehead atoms. The Hall–Kier alpha value is -2.58. The van der Waals surface area contributed by atoms with E-state index in [-0.39, 0.29) is 5.09 Å². The molecule has 0 amide bonds. The number of nitrogens with one attached hydrogen (secondary N) is 1. The van der Waals surface area contributed by atoms with Gasteiger partial charge in [-0.2, -0.15) is 8.42 Å². The highest BCUT2D eigenvalue weighted by molar-refractivity contribution is 7.92. The van der Waals surface area contributed by atoms with Crippen LogP contribution in [0.1, 0.15) is 0 Å². The predicted molar refractivity (Wildman–Crippen MR) is 93.7 cm³/mol.